The first kappa shape index (κ1) is 10.2. The lowest BCUT2D eigenvalue weighted by atomic mass is 10.1. The van der Waals surface area contributed by atoms with Gasteiger partial charge < -0.3 is 10.3 Å². The SMILES string of the molecule is CNc1cccc(-c2cc(=O)[nH]c(=O)[nH]2)c1. The van der Waals surface area contributed by atoms with Crippen molar-refractivity contribution in [3.63, 3.8) is 0 Å². The van der Waals surface area contributed by atoms with Gasteiger partial charge in [0.15, 0.2) is 0 Å². The van der Waals surface area contributed by atoms with E-state index in [4.69, 9.17) is 0 Å². The van der Waals surface area contributed by atoms with E-state index in [1.807, 2.05) is 24.3 Å². The average molecular weight is 217 g/mol. The first-order valence-electron chi connectivity index (χ1n) is 4.81. The van der Waals surface area contributed by atoms with Crippen LogP contribution in [0, 0.1) is 0 Å². The van der Waals surface area contributed by atoms with Crippen molar-refractivity contribution in [3.05, 3.63) is 51.2 Å². The largest absolute Gasteiger partial charge is 0.388 e. The normalized spacial score (nSPS) is 10.1. The van der Waals surface area contributed by atoms with Crippen LogP contribution >= 0.6 is 0 Å². The summed E-state index contributed by atoms with van der Waals surface area (Å²) in [5.41, 5.74) is 1.30. The van der Waals surface area contributed by atoms with Crippen molar-refractivity contribution < 1.29 is 0 Å². The molecule has 1 heterocycles. The Morgan fingerprint density at radius 1 is 1.12 bits per heavy atom. The van der Waals surface area contributed by atoms with Gasteiger partial charge in [-0.25, -0.2) is 4.79 Å². The summed E-state index contributed by atoms with van der Waals surface area (Å²) < 4.78 is 0. The van der Waals surface area contributed by atoms with Gasteiger partial charge in [-0.2, -0.15) is 0 Å². The highest BCUT2D eigenvalue weighted by atomic mass is 16.2. The molecular formula is C11H11N3O2. The molecule has 1 aromatic carbocycles. The standard InChI is InChI=1S/C11H11N3O2/c1-12-8-4-2-3-7(5-8)9-6-10(15)14-11(16)13-9/h2-6,12H,1H3,(H2,13,14,15,16). The quantitative estimate of drug-likeness (QED) is 0.695. The van der Waals surface area contributed by atoms with Gasteiger partial charge >= 0.3 is 5.69 Å². The number of nitrogens with one attached hydrogen (secondary N) is 3. The fourth-order valence-corrected chi connectivity index (χ4v) is 1.47. The molecule has 0 amide bonds. The van der Waals surface area contributed by atoms with Crippen molar-refractivity contribution in [2.45, 2.75) is 0 Å². The Hall–Kier alpha value is -2.30. The molecule has 0 saturated carbocycles. The summed E-state index contributed by atoms with van der Waals surface area (Å²) in [6, 6.07) is 8.78. The first-order chi connectivity index (χ1) is 7.69. The number of aromatic amines is 2. The molecule has 2 rings (SSSR count). The molecule has 0 aliphatic heterocycles. The predicted octanol–water partition coefficient (Wildman–Crippen LogP) is 0.772. The fraction of sp³-hybridized carbons (Fsp3) is 0.0909. The molecule has 2 aromatic rings. The maximum absolute atomic E-state index is 11.1. The number of H-pyrrole nitrogens is 2. The number of anilines is 1. The second-order valence-corrected chi connectivity index (χ2v) is 3.33. The van der Waals surface area contributed by atoms with E-state index < -0.39 is 11.2 Å². The smallest absolute Gasteiger partial charge is 0.326 e. The van der Waals surface area contributed by atoms with Crippen LogP contribution < -0.4 is 16.6 Å². The minimum Gasteiger partial charge on any atom is -0.388 e. The Kier molecular flexibility index (Phi) is 2.59. The molecule has 0 spiro atoms. The van der Waals surface area contributed by atoms with Crippen LogP contribution in [0.4, 0.5) is 5.69 Å². The van der Waals surface area contributed by atoms with E-state index in [0.29, 0.717) is 5.69 Å². The summed E-state index contributed by atoms with van der Waals surface area (Å²) in [6.07, 6.45) is 0. The summed E-state index contributed by atoms with van der Waals surface area (Å²) >= 11 is 0. The van der Waals surface area contributed by atoms with Crippen LogP contribution in [0.1, 0.15) is 0 Å². The second kappa shape index (κ2) is 4.06. The van der Waals surface area contributed by atoms with Crippen molar-refractivity contribution in [2.75, 3.05) is 12.4 Å². The molecule has 0 atom stereocenters. The predicted molar refractivity (Wildman–Crippen MR) is 62.7 cm³/mol. The van der Waals surface area contributed by atoms with E-state index in [1.165, 1.54) is 6.07 Å². The minimum atomic E-state index is -0.502. The van der Waals surface area contributed by atoms with Gasteiger partial charge in [-0.3, -0.25) is 9.78 Å². The molecule has 0 radical (unpaired) electrons. The van der Waals surface area contributed by atoms with Gasteiger partial charge in [-0.1, -0.05) is 12.1 Å². The van der Waals surface area contributed by atoms with Gasteiger partial charge in [0.25, 0.3) is 5.56 Å². The fourth-order valence-electron chi connectivity index (χ4n) is 1.47. The second-order valence-electron chi connectivity index (χ2n) is 3.33. The third kappa shape index (κ3) is 2.03. The van der Waals surface area contributed by atoms with Crippen LogP contribution in [-0.4, -0.2) is 17.0 Å². The monoisotopic (exact) mass is 217 g/mol. The van der Waals surface area contributed by atoms with Crippen LogP contribution in [-0.2, 0) is 0 Å². The molecule has 1 aromatic heterocycles. The highest BCUT2D eigenvalue weighted by molar-refractivity contribution is 5.64. The summed E-state index contributed by atoms with van der Waals surface area (Å²) in [4.78, 5) is 27.0. The number of rotatable bonds is 2. The summed E-state index contributed by atoms with van der Waals surface area (Å²) in [5.74, 6) is 0. The van der Waals surface area contributed by atoms with E-state index in [-0.39, 0.29) is 0 Å². The van der Waals surface area contributed by atoms with Gasteiger partial charge in [-0.05, 0) is 12.1 Å². The number of benzene rings is 1. The van der Waals surface area contributed by atoms with E-state index in [9.17, 15) is 9.59 Å². The summed E-state index contributed by atoms with van der Waals surface area (Å²) in [6.45, 7) is 0. The van der Waals surface area contributed by atoms with Crippen LogP contribution in [0.2, 0.25) is 0 Å². The van der Waals surface area contributed by atoms with Crippen molar-refractivity contribution in [2.24, 2.45) is 0 Å². The Bertz CT molecular complexity index is 585. The topological polar surface area (TPSA) is 77.8 Å². The molecule has 0 bridgehead atoms. The van der Waals surface area contributed by atoms with E-state index in [2.05, 4.69) is 15.3 Å². The van der Waals surface area contributed by atoms with Gasteiger partial charge in [-0.15, -0.1) is 0 Å². The van der Waals surface area contributed by atoms with E-state index >= 15 is 0 Å². The zero-order chi connectivity index (χ0) is 11.5. The highest BCUT2D eigenvalue weighted by Gasteiger charge is 2.00. The highest BCUT2D eigenvalue weighted by Crippen LogP contribution is 2.18. The molecule has 5 nitrogen and oxygen atoms in total. The van der Waals surface area contributed by atoms with Crippen LogP contribution in [0.15, 0.2) is 39.9 Å². The van der Waals surface area contributed by atoms with Gasteiger partial charge in [0.05, 0.1) is 5.69 Å². The Balaban J connectivity index is 2.58. The van der Waals surface area contributed by atoms with Gasteiger partial charge in [0.2, 0.25) is 0 Å². The lowest BCUT2D eigenvalue weighted by Crippen LogP contribution is -2.21. The zero-order valence-electron chi connectivity index (χ0n) is 8.70. The molecule has 3 N–H and O–H groups in total. The lowest BCUT2D eigenvalue weighted by molar-refractivity contribution is 1.04. The molecule has 16 heavy (non-hydrogen) atoms. The maximum atomic E-state index is 11.1. The Morgan fingerprint density at radius 2 is 1.94 bits per heavy atom. The molecule has 0 unspecified atom stereocenters. The van der Waals surface area contributed by atoms with Gasteiger partial charge in [0.1, 0.15) is 0 Å². The van der Waals surface area contributed by atoms with Crippen LogP contribution in [0.5, 0.6) is 0 Å². The minimum absolute atomic E-state index is 0.409. The molecule has 0 saturated heterocycles. The van der Waals surface area contributed by atoms with Crippen molar-refractivity contribution >= 4 is 5.69 Å². The van der Waals surface area contributed by atoms with Crippen molar-refractivity contribution in [1.82, 2.24) is 9.97 Å². The number of hydrogen-bond acceptors (Lipinski definition) is 3. The average Bonchev–Trinajstić information content (AvgIpc) is 2.28. The van der Waals surface area contributed by atoms with E-state index in [0.717, 1.165) is 11.3 Å². The molecule has 0 fully saturated rings. The maximum Gasteiger partial charge on any atom is 0.326 e. The Morgan fingerprint density at radius 3 is 2.62 bits per heavy atom. The molecule has 0 aliphatic rings. The molecular weight excluding hydrogens is 206 g/mol. The van der Waals surface area contributed by atoms with Crippen molar-refractivity contribution in [1.29, 1.82) is 0 Å². The molecule has 5 heteroatoms. The van der Waals surface area contributed by atoms with Crippen LogP contribution in [0.25, 0.3) is 11.3 Å². The molecule has 82 valence electrons. The Labute approximate surface area is 91.2 Å². The summed E-state index contributed by atoms with van der Waals surface area (Å²) in [7, 11) is 1.81. The summed E-state index contributed by atoms with van der Waals surface area (Å²) in [5, 5.41) is 2.99. The first-order valence-corrected chi connectivity index (χ1v) is 4.81. The third-order valence-corrected chi connectivity index (χ3v) is 2.22. The van der Waals surface area contributed by atoms with Crippen LogP contribution in [0.3, 0.4) is 0 Å². The zero-order valence-corrected chi connectivity index (χ0v) is 8.70. The van der Waals surface area contributed by atoms with Gasteiger partial charge in [0, 0.05) is 24.4 Å². The lowest BCUT2D eigenvalue weighted by Gasteiger charge is -2.03. The number of aromatic nitrogens is 2. The van der Waals surface area contributed by atoms with Crippen molar-refractivity contribution in [3.8, 4) is 11.3 Å². The van der Waals surface area contributed by atoms with E-state index in [1.54, 1.807) is 7.05 Å². The number of hydrogen-bond donors (Lipinski definition) is 3. The molecule has 0 aliphatic carbocycles. The third-order valence-electron chi connectivity index (χ3n) is 2.22.